The van der Waals surface area contributed by atoms with Crippen LogP contribution in [-0.4, -0.2) is 39.1 Å². The first-order chi connectivity index (χ1) is 16.9. The molecule has 3 aromatic rings. The first-order valence-electron chi connectivity index (χ1n) is 11.2. The van der Waals surface area contributed by atoms with Crippen LogP contribution in [0.15, 0.2) is 47.6 Å². The van der Waals surface area contributed by atoms with E-state index in [2.05, 4.69) is 20.8 Å². The smallest absolute Gasteiger partial charge is 0.252 e. The number of nitrogens with zero attached hydrogens (tertiary/aromatic N) is 3. The molecule has 35 heavy (non-hydrogen) atoms. The molecule has 2 N–H and O–H groups in total. The van der Waals surface area contributed by atoms with Gasteiger partial charge in [-0.05, 0) is 49.2 Å². The Morgan fingerprint density at radius 1 is 1.14 bits per heavy atom. The average molecular weight is 516 g/mol. The molecule has 9 nitrogen and oxygen atoms in total. The number of carbonyl (C=O) groups is 2. The largest absolute Gasteiger partial charge is 0.454 e. The van der Waals surface area contributed by atoms with Crippen molar-refractivity contribution >= 4 is 40.9 Å². The number of nitrogens with one attached hydrogen (secondary N) is 2. The third-order valence-corrected chi connectivity index (χ3v) is 6.57. The van der Waals surface area contributed by atoms with Crippen molar-refractivity contribution in [3.63, 3.8) is 0 Å². The third kappa shape index (κ3) is 5.88. The SMILES string of the molecule is CCn1c(SCC(=O)Nc2cccc(Cl)c2)nnc1C(NC(=O)c1ccc2c(c1)OCO2)C(C)C. The molecule has 1 aromatic heterocycles. The van der Waals surface area contributed by atoms with Crippen LogP contribution in [0.5, 0.6) is 11.5 Å². The average Bonchev–Trinajstić information content (AvgIpc) is 3.46. The Balaban J connectivity index is 1.45. The number of ether oxygens (including phenoxy) is 2. The maximum absolute atomic E-state index is 13.0. The Hall–Kier alpha value is -3.24. The first-order valence-corrected chi connectivity index (χ1v) is 12.5. The standard InChI is InChI=1S/C24H26ClN5O4S/c1-4-30-22(28-29-24(30)35-12-20(31)26-17-7-5-6-16(25)11-17)21(14(2)3)27-23(32)15-8-9-18-19(10-15)34-13-33-18/h5-11,14,21H,4,12-13H2,1-3H3,(H,26,31)(H,27,32). The summed E-state index contributed by atoms with van der Waals surface area (Å²) in [5.41, 5.74) is 1.10. The van der Waals surface area contributed by atoms with Gasteiger partial charge in [0.2, 0.25) is 12.7 Å². The molecule has 0 saturated heterocycles. The molecule has 0 saturated carbocycles. The van der Waals surface area contributed by atoms with Gasteiger partial charge in [0.25, 0.3) is 5.91 Å². The maximum Gasteiger partial charge on any atom is 0.252 e. The summed E-state index contributed by atoms with van der Waals surface area (Å²) < 4.78 is 12.6. The summed E-state index contributed by atoms with van der Waals surface area (Å²) >= 11 is 7.26. The quantitative estimate of drug-likeness (QED) is 0.403. The Kier molecular flexibility index (Phi) is 7.82. The Morgan fingerprint density at radius 2 is 1.94 bits per heavy atom. The van der Waals surface area contributed by atoms with E-state index in [0.29, 0.717) is 45.3 Å². The van der Waals surface area contributed by atoms with Crippen LogP contribution in [0.3, 0.4) is 0 Å². The molecule has 1 unspecified atom stereocenters. The lowest BCUT2D eigenvalue weighted by Crippen LogP contribution is -2.33. The highest BCUT2D eigenvalue weighted by molar-refractivity contribution is 7.99. The van der Waals surface area contributed by atoms with E-state index in [-0.39, 0.29) is 36.3 Å². The summed E-state index contributed by atoms with van der Waals surface area (Å²) in [7, 11) is 0. The highest BCUT2D eigenvalue weighted by atomic mass is 35.5. The van der Waals surface area contributed by atoms with E-state index in [4.69, 9.17) is 21.1 Å². The zero-order chi connectivity index (χ0) is 24.9. The molecule has 2 aromatic carbocycles. The molecule has 0 spiro atoms. The number of anilines is 1. The molecule has 1 atom stereocenters. The number of hydrogen-bond donors (Lipinski definition) is 2. The zero-order valence-electron chi connectivity index (χ0n) is 19.6. The predicted molar refractivity (Wildman–Crippen MR) is 134 cm³/mol. The van der Waals surface area contributed by atoms with Gasteiger partial charge in [-0.25, -0.2) is 0 Å². The van der Waals surface area contributed by atoms with Crippen molar-refractivity contribution in [3.05, 3.63) is 58.9 Å². The second-order valence-corrected chi connectivity index (χ2v) is 9.57. The molecule has 0 radical (unpaired) electrons. The highest BCUT2D eigenvalue weighted by Gasteiger charge is 2.27. The molecule has 1 aliphatic heterocycles. The minimum Gasteiger partial charge on any atom is -0.454 e. The van der Waals surface area contributed by atoms with Crippen molar-refractivity contribution < 1.29 is 19.1 Å². The van der Waals surface area contributed by atoms with Crippen molar-refractivity contribution in [1.29, 1.82) is 0 Å². The summed E-state index contributed by atoms with van der Waals surface area (Å²) in [4.78, 5) is 25.4. The van der Waals surface area contributed by atoms with Gasteiger partial charge >= 0.3 is 0 Å². The van der Waals surface area contributed by atoms with Crippen molar-refractivity contribution in [2.24, 2.45) is 5.92 Å². The molecular formula is C24H26ClN5O4S. The lowest BCUT2D eigenvalue weighted by atomic mass is 10.0. The summed E-state index contributed by atoms with van der Waals surface area (Å²) in [6, 6.07) is 11.7. The number of rotatable bonds is 9. The van der Waals surface area contributed by atoms with Crippen LogP contribution in [0, 0.1) is 5.92 Å². The summed E-state index contributed by atoms with van der Waals surface area (Å²) in [5.74, 6) is 1.57. The topological polar surface area (TPSA) is 107 Å². The van der Waals surface area contributed by atoms with Crippen LogP contribution in [0.2, 0.25) is 5.02 Å². The van der Waals surface area contributed by atoms with E-state index < -0.39 is 0 Å². The minimum absolute atomic E-state index is 0.0476. The van der Waals surface area contributed by atoms with Gasteiger partial charge in [-0.2, -0.15) is 0 Å². The molecule has 0 fully saturated rings. The molecule has 2 amide bonds. The van der Waals surface area contributed by atoms with E-state index >= 15 is 0 Å². The molecule has 0 bridgehead atoms. The first kappa shape index (κ1) is 24.9. The van der Waals surface area contributed by atoms with Gasteiger partial charge in [-0.3, -0.25) is 9.59 Å². The van der Waals surface area contributed by atoms with Crippen LogP contribution < -0.4 is 20.1 Å². The van der Waals surface area contributed by atoms with Crippen molar-refractivity contribution in [3.8, 4) is 11.5 Å². The van der Waals surface area contributed by atoms with Crippen molar-refractivity contribution in [1.82, 2.24) is 20.1 Å². The number of amides is 2. The molecular weight excluding hydrogens is 490 g/mol. The number of halogens is 1. The van der Waals surface area contributed by atoms with Crippen molar-refractivity contribution in [2.75, 3.05) is 17.9 Å². The summed E-state index contributed by atoms with van der Waals surface area (Å²) in [6.45, 7) is 6.71. The molecule has 4 rings (SSSR count). The molecule has 2 heterocycles. The van der Waals surface area contributed by atoms with Gasteiger partial charge in [-0.15, -0.1) is 10.2 Å². The number of hydrogen-bond acceptors (Lipinski definition) is 7. The number of thioether (sulfide) groups is 1. The number of aromatic nitrogens is 3. The van der Waals surface area contributed by atoms with E-state index in [1.54, 1.807) is 42.5 Å². The van der Waals surface area contributed by atoms with E-state index in [9.17, 15) is 9.59 Å². The van der Waals surface area contributed by atoms with Gasteiger partial charge in [0.1, 0.15) is 0 Å². The van der Waals surface area contributed by atoms with Gasteiger partial charge in [-0.1, -0.05) is 43.3 Å². The second kappa shape index (κ2) is 11.0. The Labute approximate surface area is 212 Å². The van der Waals surface area contributed by atoms with E-state index in [1.165, 1.54) is 11.8 Å². The van der Waals surface area contributed by atoms with Crippen LogP contribution in [0.4, 0.5) is 5.69 Å². The van der Waals surface area contributed by atoms with Crippen LogP contribution in [0.1, 0.15) is 43.0 Å². The second-order valence-electron chi connectivity index (χ2n) is 8.20. The summed E-state index contributed by atoms with van der Waals surface area (Å²) in [6.07, 6.45) is 0. The molecule has 0 aliphatic carbocycles. The lowest BCUT2D eigenvalue weighted by Gasteiger charge is -2.22. The van der Waals surface area contributed by atoms with Crippen LogP contribution in [0.25, 0.3) is 0 Å². The predicted octanol–water partition coefficient (Wildman–Crippen LogP) is 4.54. The molecule has 184 valence electrons. The molecule has 11 heteroatoms. The van der Waals surface area contributed by atoms with Gasteiger partial charge in [0.05, 0.1) is 11.8 Å². The maximum atomic E-state index is 13.0. The third-order valence-electron chi connectivity index (χ3n) is 5.37. The number of carbonyl (C=O) groups excluding carboxylic acids is 2. The zero-order valence-corrected chi connectivity index (χ0v) is 21.2. The van der Waals surface area contributed by atoms with Gasteiger partial charge < -0.3 is 24.7 Å². The Bertz CT molecular complexity index is 1230. The highest BCUT2D eigenvalue weighted by Crippen LogP contribution is 2.33. The fourth-order valence-electron chi connectivity index (χ4n) is 3.62. The van der Waals surface area contributed by atoms with Gasteiger partial charge in [0.15, 0.2) is 22.5 Å². The summed E-state index contributed by atoms with van der Waals surface area (Å²) in [5, 5.41) is 15.7. The monoisotopic (exact) mass is 515 g/mol. The fraction of sp³-hybridized carbons (Fsp3) is 0.333. The Morgan fingerprint density at radius 3 is 2.69 bits per heavy atom. The van der Waals surface area contributed by atoms with Crippen molar-refractivity contribution in [2.45, 2.75) is 38.5 Å². The molecule has 1 aliphatic rings. The van der Waals surface area contributed by atoms with E-state index in [1.807, 2.05) is 25.3 Å². The van der Waals surface area contributed by atoms with E-state index in [0.717, 1.165) is 0 Å². The number of fused-ring (bicyclic) bond motifs is 1. The lowest BCUT2D eigenvalue weighted by molar-refractivity contribution is -0.113. The van der Waals surface area contributed by atoms with Gasteiger partial charge in [0, 0.05) is 22.8 Å². The number of benzene rings is 2. The van der Waals surface area contributed by atoms with Crippen LogP contribution >= 0.6 is 23.4 Å². The minimum atomic E-state index is -0.380. The normalized spacial score (nSPS) is 13.1. The van der Waals surface area contributed by atoms with Crippen LogP contribution in [-0.2, 0) is 11.3 Å². The fourth-order valence-corrected chi connectivity index (χ4v) is 4.62.